The van der Waals surface area contributed by atoms with Crippen LogP contribution in [0.15, 0.2) is 122 Å². The van der Waals surface area contributed by atoms with Gasteiger partial charge in [0.25, 0.3) is 35.4 Å². The Balaban J connectivity index is 0.665. The number of imidazole rings is 1. The number of fused-ring (bicyclic) bond motifs is 3. The number of aryl methyl sites for hydroxylation is 3. The number of hydrogen-bond donors (Lipinski definition) is 8. The van der Waals surface area contributed by atoms with Gasteiger partial charge in [0.15, 0.2) is 23.5 Å². The first-order valence-electron chi connectivity index (χ1n) is 35.0. The summed E-state index contributed by atoms with van der Waals surface area (Å²) in [5.74, 6) is -6.23. The van der Waals surface area contributed by atoms with Crippen LogP contribution < -0.4 is 51.6 Å². The molecule has 7 heterocycles. The van der Waals surface area contributed by atoms with Crippen molar-refractivity contribution >= 4 is 117 Å². The molecule has 580 valence electrons. The van der Waals surface area contributed by atoms with Gasteiger partial charge in [0.05, 0.1) is 87.0 Å². The number of hydrogen-bond acceptors (Lipinski definition) is 21. The lowest BCUT2D eigenvalue weighted by molar-refractivity contribution is -0.137. The number of esters is 1. The van der Waals surface area contributed by atoms with Crippen LogP contribution in [0.3, 0.4) is 0 Å². The van der Waals surface area contributed by atoms with Gasteiger partial charge in [0.2, 0.25) is 35.4 Å². The van der Waals surface area contributed by atoms with E-state index in [0.717, 1.165) is 22.0 Å². The van der Waals surface area contributed by atoms with Gasteiger partial charge >= 0.3 is 12.1 Å². The van der Waals surface area contributed by atoms with Crippen molar-refractivity contribution in [3.05, 3.63) is 156 Å². The van der Waals surface area contributed by atoms with E-state index < -0.39 is 89.6 Å². The van der Waals surface area contributed by atoms with Gasteiger partial charge < -0.3 is 89.3 Å². The Morgan fingerprint density at radius 3 is 2.06 bits per heavy atom. The lowest BCUT2D eigenvalue weighted by atomic mass is 10.0. The summed E-state index contributed by atoms with van der Waals surface area (Å²) in [5.41, 5.74) is 3.27. The number of benzene rings is 3. The van der Waals surface area contributed by atoms with Crippen LogP contribution in [-0.4, -0.2) is 206 Å². The van der Waals surface area contributed by atoms with E-state index in [0.29, 0.717) is 39.0 Å². The van der Waals surface area contributed by atoms with Crippen molar-refractivity contribution in [3.8, 4) is 11.5 Å². The van der Waals surface area contributed by atoms with E-state index in [4.69, 9.17) is 28.4 Å². The van der Waals surface area contributed by atoms with E-state index >= 15 is 0 Å². The number of imide groups is 1. The third kappa shape index (κ3) is 19.3. The molecule has 1 unspecified atom stereocenters. The molecule has 8 N–H and O–H groups in total. The maximum Gasteiger partial charge on any atom is 0.416 e. The molecule has 35 nitrogen and oxygen atoms in total. The molecule has 110 heavy (non-hydrogen) atoms. The molecule has 35 heteroatoms. The van der Waals surface area contributed by atoms with Gasteiger partial charge in [-0.2, -0.15) is 0 Å². The number of aliphatic hydroxyl groups is 1. The molecule has 11 amide bonds. The molecule has 0 radical (unpaired) electrons. The average molecular weight is 1520 g/mol. The van der Waals surface area contributed by atoms with Gasteiger partial charge in [0, 0.05) is 114 Å². The number of carbonyl (C=O) groups is 13. The molecule has 1 saturated heterocycles. The monoisotopic (exact) mass is 1520 g/mol. The highest BCUT2D eigenvalue weighted by atomic mass is 16.6. The number of nitrogens with one attached hydrogen (secondary N) is 7. The van der Waals surface area contributed by atoms with Crippen molar-refractivity contribution in [1.29, 1.82) is 0 Å². The van der Waals surface area contributed by atoms with Gasteiger partial charge in [-0.1, -0.05) is 38.1 Å². The first-order valence-corrected chi connectivity index (χ1v) is 35.0. The highest BCUT2D eigenvalue weighted by molar-refractivity contribution is 6.13. The summed E-state index contributed by atoms with van der Waals surface area (Å²) in [6.45, 7) is 9.34. The van der Waals surface area contributed by atoms with Crippen LogP contribution in [0.1, 0.15) is 111 Å². The quantitative estimate of drug-likeness (QED) is 0.0121. The Bertz CT molecular complexity index is 4760. The number of aliphatic hydroxyl groups excluding tert-OH is 1. The summed E-state index contributed by atoms with van der Waals surface area (Å²) >= 11 is 0. The average Bonchev–Trinajstić information content (AvgIpc) is 1.59. The molecule has 3 aliphatic heterocycles. The Kier molecular flexibility index (Phi) is 25.9. The fourth-order valence-corrected chi connectivity index (χ4v) is 12.3. The Morgan fingerprint density at radius 2 is 1.36 bits per heavy atom. The number of methoxy groups -OCH3 is 2. The molecule has 0 bridgehead atoms. The highest BCUT2D eigenvalue weighted by Crippen LogP contribution is 2.42. The zero-order chi connectivity index (χ0) is 79.2. The van der Waals surface area contributed by atoms with Gasteiger partial charge in [-0.3, -0.25) is 62.2 Å². The lowest BCUT2D eigenvalue weighted by Crippen LogP contribution is -2.53. The number of anilines is 5. The largest absolute Gasteiger partial charge is 0.493 e. The minimum Gasteiger partial charge on any atom is -0.493 e. The Hall–Kier alpha value is -12.8. The van der Waals surface area contributed by atoms with E-state index in [1.165, 1.54) is 76.4 Å². The van der Waals surface area contributed by atoms with Crippen LogP contribution >= 0.6 is 0 Å². The van der Waals surface area contributed by atoms with Crippen molar-refractivity contribution < 1.29 is 95.9 Å². The fourth-order valence-electron chi connectivity index (χ4n) is 12.3. The summed E-state index contributed by atoms with van der Waals surface area (Å²) in [6.07, 6.45) is 5.86. The molecule has 0 saturated carbocycles. The van der Waals surface area contributed by atoms with Gasteiger partial charge in [-0.25, -0.2) is 19.5 Å². The zero-order valence-electron chi connectivity index (χ0n) is 61.7. The molecule has 10 rings (SSSR count). The summed E-state index contributed by atoms with van der Waals surface area (Å²) in [4.78, 5) is 177. The van der Waals surface area contributed by atoms with Crippen LogP contribution in [0.5, 0.6) is 11.5 Å². The zero-order valence-corrected chi connectivity index (χ0v) is 61.7. The van der Waals surface area contributed by atoms with Crippen molar-refractivity contribution in [2.24, 2.45) is 27.1 Å². The predicted octanol–water partition coefficient (Wildman–Crippen LogP) is 4.52. The van der Waals surface area contributed by atoms with Crippen LogP contribution in [0, 0.1) is 5.92 Å². The summed E-state index contributed by atoms with van der Waals surface area (Å²) < 4.78 is 39.2. The topological polar surface area (TPSA) is 424 Å². The second-order valence-corrected chi connectivity index (χ2v) is 26.4. The number of rotatable bonds is 33. The van der Waals surface area contributed by atoms with E-state index in [1.807, 2.05) is 0 Å². The number of carbonyl (C=O) groups excluding carboxylic acids is 13. The Labute approximate surface area is 630 Å². The van der Waals surface area contributed by atoms with E-state index in [1.54, 1.807) is 100 Å². The van der Waals surface area contributed by atoms with Crippen molar-refractivity contribution in [3.63, 3.8) is 0 Å². The number of aromatic nitrogens is 5. The molecule has 3 aromatic carbocycles. The molecule has 3 aliphatic rings. The SMILES string of the molecule is C=C1C[C@H]2C(O)N(C(=O)OCc3ccc(NC(=O)[C@H](C)NC(=O)[C@@H](NC(=O)CCOCCOCCNC(=O)CCN4C(=O)C=CC4=O)C(C)C)cc3)c3cc(OCCCC(=O)Nc4cn(C)c(C(=O)Nc5cc(C(=O)Nc6cc(C(=O)n7ccc8cc(C(=O)OC)ccc87)n(C)c6)n(C)c5)n4)c(OC)cc3C(=O)N2C1. The fraction of sp³-hybridized carbons (Fsp3) is 0.360. The first kappa shape index (κ1) is 79.8. The third-order valence-corrected chi connectivity index (χ3v) is 18.1. The van der Waals surface area contributed by atoms with Crippen LogP contribution in [0.4, 0.5) is 33.4 Å². The second-order valence-electron chi connectivity index (χ2n) is 26.4. The van der Waals surface area contributed by atoms with Crippen molar-refractivity contribution in [2.45, 2.75) is 83.8 Å². The van der Waals surface area contributed by atoms with E-state index in [2.05, 4.69) is 48.8 Å². The molecule has 4 aromatic heterocycles. The summed E-state index contributed by atoms with van der Waals surface area (Å²) in [6, 6.07) is 15.6. The number of ether oxygens (including phenoxy) is 6. The molecule has 0 aliphatic carbocycles. The molecular weight excluding hydrogens is 1430 g/mol. The highest BCUT2D eigenvalue weighted by Gasteiger charge is 2.47. The van der Waals surface area contributed by atoms with Crippen molar-refractivity contribution in [2.75, 3.05) is 93.1 Å². The summed E-state index contributed by atoms with van der Waals surface area (Å²) in [5, 5.41) is 31.5. The van der Waals surface area contributed by atoms with Crippen molar-refractivity contribution in [1.82, 2.24) is 49.0 Å². The summed E-state index contributed by atoms with van der Waals surface area (Å²) in [7, 11) is 7.46. The number of nitrogens with zero attached hydrogens (tertiary/aromatic N) is 8. The molecule has 7 aromatic rings. The standard InChI is InChI=1S/C75H85N15O20/c1-42(2)65(83-62(93)22-27-107-29-30-108-28-23-76-60(91)21-25-88-63(94)18-19-64(88)95)69(98)77-44(4)67(96)78-48-15-12-45(13-16-48)41-110-75(104)90-53-36-58(57(105-8)35-51(53)71(100)89-37-43(3)31-56(89)73(90)102)109-26-10-11-61(92)81-59-40-86(7)66(82-59)70(99)80-49-33-54(84(5)38-49)68(97)79-50-34-55(85(6)39-50)72(101)87-24-20-46-32-47(74(103)106-9)14-17-52(46)87/h12-20,24,32-36,38-40,42,44,56,65,73,102H,3,10-11,21-23,25-31,37,41H2,1-2,4-9H3,(H,76,91)(H,77,98)(H,78,96)(H,79,97)(H,80,99)(H,81,92)(H,83,93)/t44-,56-,65-,73?/m0/s1. The maximum atomic E-state index is 14.3. The maximum absolute atomic E-state index is 14.3. The number of amides is 11. The minimum absolute atomic E-state index is 0.0126. The second kappa shape index (κ2) is 35.8. The predicted molar refractivity (Wildman–Crippen MR) is 396 cm³/mol. The minimum atomic E-state index is -1.63. The molecule has 1 fully saturated rings. The Morgan fingerprint density at radius 1 is 0.673 bits per heavy atom. The van der Waals surface area contributed by atoms with Gasteiger partial charge in [-0.05, 0) is 85.8 Å². The molecular formula is C75H85N15O20. The third-order valence-electron chi connectivity index (χ3n) is 18.1. The lowest BCUT2D eigenvalue weighted by Gasteiger charge is -2.31. The van der Waals surface area contributed by atoms with E-state index in [-0.39, 0.29) is 161 Å². The van der Waals surface area contributed by atoms with Crippen LogP contribution in [0.25, 0.3) is 10.9 Å². The first-order chi connectivity index (χ1) is 52.6. The smallest absolute Gasteiger partial charge is 0.416 e. The van der Waals surface area contributed by atoms with Gasteiger partial charge in [-0.15, -0.1) is 0 Å². The van der Waals surface area contributed by atoms with Crippen LogP contribution in [0.2, 0.25) is 0 Å². The molecule has 0 spiro atoms. The molecule has 4 atom stereocenters. The van der Waals surface area contributed by atoms with Gasteiger partial charge in [0.1, 0.15) is 30.1 Å². The normalized spacial score (nSPS) is 15.0. The van der Waals surface area contributed by atoms with Crippen LogP contribution in [-0.2, 0) is 80.3 Å². The van der Waals surface area contributed by atoms with E-state index in [9.17, 15) is 67.4 Å².